The van der Waals surface area contributed by atoms with Gasteiger partial charge in [0.2, 0.25) is 0 Å². The van der Waals surface area contributed by atoms with Gasteiger partial charge in [0.05, 0.1) is 11.5 Å². The zero-order chi connectivity index (χ0) is 14.3. The van der Waals surface area contributed by atoms with E-state index in [0.29, 0.717) is 6.07 Å². The summed E-state index contributed by atoms with van der Waals surface area (Å²) in [6.45, 7) is 0. The fourth-order valence-electron chi connectivity index (χ4n) is 1.32. The highest BCUT2D eigenvalue weighted by Gasteiger charge is 2.48. The lowest BCUT2D eigenvalue weighted by molar-refractivity contribution is -0.0499. The van der Waals surface area contributed by atoms with Crippen LogP contribution in [0.1, 0.15) is 0 Å². The van der Waals surface area contributed by atoms with Crippen LogP contribution in [0.2, 0.25) is 0 Å². The molecule has 0 saturated carbocycles. The molecule has 0 unspecified atom stereocenters. The van der Waals surface area contributed by atoms with Crippen LogP contribution in [0.15, 0.2) is 39.5 Å². The number of hydrogen-bond donors (Lipinski definition) is 0. The van der Waals surface area contributed by atoms with Gasteiger partial charge in [0.25, 0.3) is 0 Å². The molecule has 5 nitrogen and oxygen atoms in total. The SMILES string of the molecule is O=c1cc(OS(=O)(=O)C(F)(F)F)c2ccccc2o1. The van der Waals surface area contributed by atoms with Crippen LogP contribution < -0.4 is 9.81 Å². The molecule has 0 fully saturated rings. The van der Waals surface area contributed by atoms with Gasteiger partial charge in [-0.05, 0) is 12.1 Å². The molecule has 1 heterocycles. The van der Waals surface area contributed by atoms with E-state index in [1.807, 2.05) is 0 Å². The average molecular weight is 294 g/mol. The Bertz CT molecular complexity index is 776. The summed E-state index contributed by atoms with van der Waals surface area (Å²) >= 11 is 0. The molecule has 9 heteroatoms. The van der Waals surface area contributed by atoms with Gasteiger partial charge in [-0.3, -0.25) is 0 Å². The highest BCUT2D eigenvalue weighted by atomic mass is 32.2. The van der Waals surface area contributed by atoms with Crippen LogP contribution in [0.5, 0.6) is 5.75 Å². The number of fused-ring (bicyclic) bond motifs is 1. The molecule has 1 aromatic heterocycles. The van der Waals surface area contributed by atoms with E-state index in [2.05, 4.69) is 4.18 Å². The van der Waals surface area contributed by atoms with Crippen LogP contribution in [0.3, 0.4) is 0 Å². The predicted octanol–water partition coefficient (Wildman–Crippen LogP) is 2.02. The molecule has 0 saturated heterocycles. The topological polar surface area (TPSA) is 73.6 Å². The summed E-state index contributed by atoms with van der Waals surface area (Å²) in [5.74, 6) is -0.732. The highest BCUT2D eigenvalue weighted by Crippen LogP contribution is 2.30. The monoisotopic (exact) mass is 294 g/mol. The van der Waals surface area contributed by atoms with Crippen LogP contribution >= 0.6 is 0 Å². The van der Waals surface area contributed by atoms with Gasteiger partial charge in [-0.1, -0.05) is 12.1 Å². The van der Waals surface area contributed by atoms with E-state index in [-0.39, 0.29) is 11.0 Å². The van der Waals surface area contributed by atoms with Crippen molar-refractivity contribution < 1.29 is 30.2 Å². The van der Waals surface area contributed by atoms with Crippen LogP contribution in [0, 0.1) is 0 Å². The van der Waals surface area contributed by atoms with Crippen molar-refractivity contribution in [3.05, 3.63) is 40.8 Å². The first-order valence-electron chi connectivity index (χ1n) is 4.74. The lowest BCUT2D eigenvalue weighted by atomic mass is 10.2. The standard InChI is InChI=1S/C10H5F3O5S/c11-10(12,13)19(15,16)18-8-5-9(14)17-7-4-2-1-3-6(7)8/h1-5H. The Balaban J connectivity index is 2.62. The molecular weight excluding hydrogens is 289 g/mol. The van der Waals surface area contributed by atoms with Crippen LogP contribution in [0.25, 0.3) is 11.0 Å². The normalized spacial score (nSPS) is 12.6. The van der Waals surface area contributed by atoms with Gasteiger partial charge in [0, 0.05) is 0 Å². The van der Waals surface area contributed by atoms with Gasteiger partial charge >= 0.3 is 21.3 Å². The van der Waals surface area contributed by atoms with E-state index < -0.39 is 27.0 Å². The Labute approximate surface area is 104 Å². The third kappa shape index (κ3) is 2.55. The van der Waals surface area contributed by atoms with Crippen LogP contribution in [-0.4, -0.2) is 13.9 Å². The number of rotatable bonds is 2. The molecule has 0 amide bonds. The largest absolute Gasteiger partial charge is 0.534 e. The fourth-order valence-corrected chi connectivity index (χ4v) is 1.78. The van der Waals surface area contributed by atoms with E-state index in [9.17, 15) is 26.4 Å². The Kier molecular flexibility index (Phi) is 3.01. The molecule has 1 aromatic carbocycles. The lowest BCUT2D eigenvalue weighted by Gasteiger charge is -2.10. The molecule has 19 heavy (non-hydrogen) atoms. The third-order valence-electron chi connectivity index (χ3n) is 2.09. The molecule has 102 valence electrons. The number of hydrogen-bond acceptors (Lipinski definition) is 5. The number of benzene rings is 1. The molecule has 0 N–H and O–H groups in total. The Morgan fingerprint density at radius 2 is 1.79 bits per heavy atom. The van der Waals surface area contributed by atoms with Gasteiger partial charge in [-0.15, -0.1) is 0 Å². The minimum Gasteiger partial charge on any atom is -0.422 e. The summed E-state index contributed by atoms with van der Waals surface area (Å²) in [6.07, 6.45) is 0. The first kappa shape index (κ1) is 13.4. The van der Waals surface area contributed by atoms with Crippen molar-refractivity contribution >= 4 is 21.1 Å². The number of halogens is 3. The van der Waals surface area contributed by atoms with Crippen LogP contribution in [0.4, 0.5) is 13.2 Å². The summed E-state index contributed by atoms with van der Waals surface area (Å²) < 4.78 is 67.0. The van der Waals surface area contributed by atoms with Gasteiger partial charge < -0.3 is 8.60 Å². The summed E-state index contributed by atoms with van der Waals surface area (Å²) in [4.78, 5) is 11.1. The van der Waals surface area contributed by atoms with Gasteiger partial charge in [-0.2, -0.15) is 21.6 Å². The fraction of sp³-hybridized carbons (Fsp3) is 0.100. The third-order valence-corrected chi connectivity index (χ3v) is 3.06. The first-order valence-corrected chi connectivity index (χ1v) is 6.15. The molecule has 2 aromatic rings. The maximum absolute atomic E-state index is 12.2. The van der Waals surface area contributed by atoms with Crippen molar-refractivity contribution in [2.24, 2.45) is 0 Å². The Morgan fingerprint density at radius 3 is 2.42 bits per heavy atom. The van der Waals surface area contributed by atoms with Gasteiger partial charge in [0.15, 0.2) is 5.75 Å². The average Bonchev–Trinajstić information content (AvgIpc) is 2.26. The minimum atomic E-state index is -5.84. The van der Waals surface area contributed by atoms with Gasteiger partial charge in [0.1, 0.15) is 5.58 Å². The number of alkyl halides is 3. The van der Waals surface area contributed by atoms with Crippen molar-refractivity contribution in [3.8, 4) is 5.75 Å². The summed E-state index contributed by atoms with van der Waals surface area (Å²) in [6, 6.07) is 5.98. The van der Waals surface area contributed by atoms with E-state index in [0.717, 1.165) is 0 Å². The summed E-state index contributed by atoms with van der Waals surface area (Å²) in [5.41, 5.74) is -6.68. The second kappa shape index (κ2) is 4.26. The van der Waals surface area contributed by atoms with E-state index in [4.69, 9.17) is 4.42 Å². The molecule has 0 aliphatic heterocycles. The summed E-state index contributed by atoms with van der Waals surface area (Å²) in [5, 5.41) is -0.0603. The first-order chi connectivity index (χ1) is 8.71. The van der Waals surface area contributed by atoms with Crippen molar-refractivity contribution in [1.29, 1.82) is 0 Å². The quantitative estimate of drug-likeness (QED) is 0.481. The van der Waals surface area contributed by atoms with E-state index in [1.165, 1.54) is 24.3 Å². The Morgan fingerprint density at radius 1 is 1.16 bits per heavy atom. The molecule has 0 spiro atoms. The van der Waals surface area contributed by atoms with E-state index >= 15 is 0 Å². The molecule has 2 rings (SSSR count). The zero-order valence-electron chi connectivity index (χ0n) is 8.97. The molecule has 0 bridgehead atoms. The molecule has 0 radical (unpaired) electrons. The second-order valence-electron chi connectivity index (χ2n) is 3.41. The van der Waals surface area contributed by atoms with Gasteiger partial charge in [-0.25, -0.2) is 4.79 Å². The van der Waals surface area contributed by atoms with Crippen molar-refractivity contribution in [1.82, 2.24) is 0 Å². The van der Waals surface area contributed by atoms with Crippen molar-refractivity contribution in [2.45, 2.75) is 5.51 Å². The molecule has 0 aliphatic carbocycles. The smallest absolute Gasteiger partial charge is 0.422 e. The van der Waals surface area contributed by atoms with E-state index in [1.54, 1.807) is 0 Å². The molecule has 0 atom stereocenters. The summed E-state index contributed by atoms with van der Waals surface area (Å²) in [7, 11) is -5.84. The van der Waals surface area contributed by atoms with Crippen LogP contribution in [-0.2, 0) is 10.1 Å². The highest BCUT2D eigenvalue weighted by molar-refractivity contribution is 7.88. The van der Waals surface area contributed by atoms with Crippen molar-refractivity contribution in [2.75, 3.05) is 0 Å². The predicted molar refractivity (Wildman–Crippen MR) is 58.1 cm³/mol. The maximum Gasteiger partial charge on any atom is 0.534 e. The number of para-hydroxylation sites is 1. The second-order valence-corrected chi connectivity index (χ2v) is 4.95. The molecule has 0 aliphatic rings. The minimum absolute atomic E-state index is 0.0603. The lowest BCUT2D eigenvalue weighted by Crippen LogP contribution is -2.28. The molecular formula is C10H5F3O5S. The van der Waals surface area contributed by atoms with Crippen molar-refractivity contribution in [3.63, 3.8) is 0 Å². The zero-order valence-corrected chi connectivity index (χ0v) is 9.79. The Hall–Kier alpha value is -2.03. The maximum atomic E-state index is 12.2.